The number of fused-ring (bicyclic) bond motifs is 1. The van der Waals surface area contributed by atoms with Gasteiger partial charge in [0, 0.05) is 10.0 Å². The fourth-order valence-corrected chi connectivity index (χ4v) is 5.54. The minimum absolute atomic E-state index is 0.255. The molecule has 0 bridgehead atoms. The van der Waals surface area contributed by atoms with Crippen molar-refractivity contribution in [3.8, 4) is 5.75 Å². The molecule has 1 aliphatic rings. The minimum Gasteiger partial charge on any atom is -0.489 e. The van der Waals surface area contributed by atoms with Gasteiger partial charge in [-0.1, -0.05) is 70.9 Å². The van der Waals surface area contributed by atoms with E-state index in [1.807, 2.05) is 48.5 Å². The normalized spacial score (nSPS) is 15.2. The molecule has 0 amide bonds. The molecule has 0 saturated carbocycles. The highest BCUT2D eigenvalue weighted by Crippen LogP contribution is 2.31. The van der Waals surface area contributed by atoms with Crippen molar-refractivity contribution in [2.24, 2.45) is 4.99 Å². The summed E-state index contributed by atoms with van der Waals surface area (Å²) >= 11 is 13.3. The van der Waals surface area contributed by atoms with Crippen molar-refractivity contribution in [3.05, 3.63) is 130 Å². The van der Waals surface area contributed by atoms with Crippen LogP contribution < -0.4 is 19.6 Å². The Kier molecular flexibility index (Phi) is 7.51. The van der Waals surface area contributed by atoms with Gasteiger partial charge in [0.05, 0.1) is 29.0 Å². The topological polar surface area (TPSA) is 69.9 Å². The lowest BCUT2D eigenvalue weighted by atomic mass is 9.96. The fraction of sp³-hybridized carbons (Fsp3) is 0.138. The Balaban J connectivity index is 1.53. The molecule has 1 aromatic heterocycles. The first-order valence-electron chi connectivity index (χ1n) is 11.7. The molecule has 38 heavy (non-hydrogen) atoms. The van der Waals surface area contributed by atoms with Crippen LogP contribution in [0.4, 0.5) is 0 Å². The highest BCUT2D eigenvalue weighted by atomic mass is 35.5. The molecule has 0 radical (unpaired) electrons. The Labute approximate surface area is 232 Å². The second-order valence-corrected chi connectivity index (χ2v) is 10.5. The molecule has 4 aromatic rings. The largest absolute Gasteiger partial charge is 0.489 e. The van der Waals surface area contributed by atoms with Gasteiger partial charge in [0.15, 0.2) is 4.80 Å². The number of hydrogen-bond donors (Lipinski definition) is 0. The molecule has 5 rings (SSSR count). The average Bonchev–Trinajstić information content (AvgIpc) is 3.22. The molecule has 9 heteroatoms. The lowest BCUT2D eigenvalue weighted by Crippen LogP contribution is -2.39. The predicted molar refractivity (Wildman–Crippen MR) is 149 cm³/mol. The fourth-order valence-electron chi connectivity index (χ4n) is 4.25. The van der Waals surface area contributed by atoms with Gasteiger partial charge < -0.3 is 9.47 Å². The van der Waals surface area contributed by atoms with Crippen molar-refractivity contribution in [1.82, 2.24) is 4.57 Å². The standard InChI is InChI=1S/C29H22Cl2N2O4S/c1-17-25(28(35)36-2)26(20-8-12-22(31)13-9-20)33-27(34)24(38-29(33)32-17)15-19-4-3-5-23(14-19)37-16-18-6-10-21(30)11-7-18/h3-15,26H,16H2,1-2H3/b24-15-/t26-/m0/s1. The summed E-state index contributed by atoms with van der Waals surface area (Å²) in [6.45, 7) is 2.13. The van der Waals surface area contributed by atoms with E-state index in [-0.39, 0.29) is 5.56 Å². The Morgan fingerprint density at radius 2 is 1.74 bits per heavy atom. The van der Waals surface area contributed by atoms with E-state index in [0.717, 1.165) is 16.7 Å². The third-order valence-corrected chi connectivity index (χ3v) is 7.57. The first-order chi connectivity index (χ1) is 18.3. The van der Waals surface area contributed by atoms with E-state index in [4.69, 9.17) is 32.7 Å². The van der Waals surface area contributed by atoms with Gasteiger partial charge in [-0.25, -0.2) is 9.79 Å². The number of halogens is 2. The average molecular weight is 565 g/mol. The second kappa shape index (κ2) is 11.0. The van der Waals surface area contributed by atoms with E-state index in [9.17, 15) is 9.59 Å². The summed E-state index contributed by atoms with van der Waals surface area (Å²) in [4.78, 5) is 31.5. The van der Waals surface area contributed by atoms with Crippen LogP contribution in [0.2, 0.25) is 10.0 Å². The van der Waals surface area contributed by atoms with Crippen LogP contribution in [-0.2, 0) is 16.1 Å². The number of thiazole rings is 1. The highest BCUT2D eigenvalue weighted by Gasteiger charge is 2.33. The van der Waals surface area contributed by atoms with Crippen LogP contribution in [0.25, 0.3) is 6.08 Å². The summed E-state index contributed by atoms with van der Waals surface area (Å²) in [5, 5.41) is 1.23. The second-order valence-electron chi connectivity index (χ2n) is 8.61. The first kappa shape index (κ1) is 26.0. The molecule has 0 saturated heterocycles. The summed E-state index contributed by atoms with van der Waals surface area (Å²) in [6.07, 6.45) is 1.80. The van der Waals surface area contributed by atoms with Crippen molar-refractivity contribution in [2.75, 3.05) is 7.11 Å². The maximum absolute atomic E-state index is 13.7. The van der Waals surface area contributed by atoms with E-state index in [2.05, 4.69) is 4.99 Å². The predicted octanol–water partition coefficient (Wildman–Crippen LogP) is 5.29. The van der Waals surface area contributed by atoms with Crippen LogP contribution in [0.1, 0.15) is 29.7 Å². The summed E-state index contributed by atoms with van der Waals surface area (Å²) in [5.74, 6) is 0.135. The van der Waals surface area contributed by atoms with Crippen LogP contribution in [0.5, 0.6) is 5.75 Å². The van der Waals surface area contributed by atoms with E-state index >= 15 is 0 Å². The van der Waals surface area contributed by atoms with Gasteiger partial charge in [-0.05, 0) is 66.1 Å². The number of benzene rings is 3. The number of allylic oxidation sites excluding steroid dienone is 1. The number of ether oxygens (including phenoxy) is 2. The Morgan fingerprint density at radius 1 is 1.05 bits per heavy atom. The van der Waals surface area contributed by atoms with Gasteiger partial charge >= 0.3 is 5.97 Å². The molecule has 192 valence electrons. The smallest absolute Gasteiger partial charge is 0.338 e. The van der Waals surface area contributed by atoms with Gasteiger partial charge in [0.2, 0.25) is 0 Å². The number of carbonyl (C=O) groups excluding carboxylic acids is 1. The lowest BCUT2D eigenvalue weighted by molar-refractivity contribution is -0.136. The van der Waals surface area contributed by atoms with Gasteiger partial charge in [-0.2, -0.15) is 0 Å². The van der Waals surface area contributed by atoms with E-state index in [1.165, 1.54) is 18.4 Å². The highest BCUT2D eigenvalue weighted by molar-refractivity contribution is 7.07. The molecule has 0 fully saturated rings. The number of nitrogens with zero attached hydrogens (tertiary/aromatic N) is 2. The van der Waals surface area contributed by atoms with Crippen LogP contribution in [0.15, 0.2) is 93.9 Å². The molecule has 0 aliphatic carbocycles. The number of aromatic nitrogens is 1. The minimum atomic E-state index is -0.688. The first-order valence-corrected chi connectivity index (χ1v) is 13.2. The van der Waals surface area contributed by atoms with Gasteiger partial charge in [0.25, 0.3) is 5.56 Å². The Bertz CT molecular complexity index is 1720. The molecule has 3 aromatic carbocycles. The monoisotopic (exact) mass is 564 g/mol. The molecule has 0 unspecified atom stereocenters. The zero-order valence-corrected chi connectivity index (χ0v) is 22.8. The van der Waals surface area contributed by atoms with Crippen molar-refractivity contribution in [1.29, 1.82) is 0 Å². The van der Waals surface area contributed by atoms with E-state index in [0.29, 0.717) is 43.0 Å². The summed E-state index contributed by atoms with van der Waals surface area (Å²) in [7, 11) is 1.31. The maximum Gasteiger partial charge on any atom is 0.338 e. The van der Waals surface area contributed by atoms with Crippen LogP contribution in [0, 0.1) is 0 Å². The quantitative estimate of drug-likeness (QED) is 0.298. The number of esters is 1. The Hall–Kier alpha value is -3.65. The van der Waals surface area contributed by atoms with Crippen LogP contribution in [0.3, 0.4) is 0 Å². The molecule has 6 nitrogen and oxygen atoms in total. The molecule has 1 atom stereocenters. The van der Waals surface area contributed by atoms with Crippen molar-refractivity contribution < 1.29 is 14.3 Å². The van der Waals surface area contributed by atoms with E-state index in [1.54, 1.807) is 41.8 Å². The molecule has 2 heterocycles. The SMILES string of the molecule is COC(=O)C1=C(C)N=c2s/c(=C\c3cccc(OCc4ccc(Cl)cc4)c3)c(=O)n2[C@H]1c1ccc(Cl)cc1. The third-order valence-electron chi connectivity index (χ3n) is 6.09. The van der Waals surface area contributed by atoms with E-state index < -0.39 is 12.0 Å². The van der Waals surface area contributed by atoms with Crippen molar-refractivity contribution >= 4 is 46.6 Å². The molecule has 1 aliphatic heterocycles. The molecular formula is C29H22Cl2N2O4S. The third kappa shape index (κ3) is 5.31. The zero-order valence-electron chi connectivity index (χ0n) is 20.5. The Morgan fingerprint density at radius 3 is 2.42 bits per heavy atom. The van der Waals surface area contributed by atoms with Crippen molar-refractivity contribution in [2.45, 2.75) is 19.6 Å². The number of rotatable bonds is 6. The van der Waals surface area contributed by atoms with Gasteiger partial charge in [-0.3, -0.25) is 9.36 Å². The number of carbonyl (C=O) groups is 1. The van der Waals surface area contributed by atoms with Crippen LogP contribution in [-0.4, -0.2) is 17.6 Å². The zero-order chi connectivity index (χ0) is 26.8. The van der Waals surface area contributed by atoms with Crippen LogP contribution >= 0.6 is 34.5 Å². The number of methoxy groups -OCH3 is 1. The molecule has 0 spiro atoms. The van der Waals surface area contributed by atoms with Crippen molar-refractivity contribution in [3.63, 3.8) is 0 Å². The summed E-state index contributed by atoms with van der Waals surface area (Å²) in [6, 6.07) is 21.3. The number of hydrogen-bond acceptors (Lipinski definition) is 6. The summed E-state index contributed by atoms with van der Waals surface area (Å²) < 4.78 is 13.0. The maximum atomic E-state index is 13.7. The van der Waals surface area contributed by atoms with Gasteiger partial charge in [0.1, 0.15) is 12.4 Å². The summed E-state index contributed by atoms with van der Waals surface area (Å²) in [5.41, 5.74) is 3.08. The van der Waals surface area contributed by atoms with Gasteiger partial charge in [-0.15, -0.1) is 0 Å². The molecule has 0 N–H and O–H groups in total. The molecular weight excluding hydrogens is 543 g/mol. The lowest BCUT2D eigenvalue weighted by Gasteiger charge is -2.24.